The van der Waals surface area contributed by atoms with Gasteiger partial charge in [-0.05, 0) is 20.4 Å². The fourth-order valence-corrected chi connectivity index (χ4v) is 1.83. The van der Waals surface area contributed by atoms with Gasteiger partial charge in [-0.2, -0.15) is 0 Å². The van der Waals surface area contributed by atoms with Gasteiger partial charge in [0.05, 0.1) is 6.61 Å². The summed E-state index contributed by atoms with van der Waals surface area (Å²) in [5.74, 6) is 0. The molecule has 1 aromatic heterocycles. The zero-order valence-corrected chi connectivity index (χ0v) is 10.8. The molecule has 1 rings (SSSR count). The molecule has 0 aliphatic rings. The van der Waals surface area contributed by atoms with Crippen LogP contribution >= 0.6 is 11.3 Å². The van der Waals surface area contributed by atoms with E-state index in [1.807, 2.05) is 13.8 Å². The Kier molecular flexibility index (Phi) is 6.29. The molecule has 0 spiro atoms. The van der Waals surface area contributed by atoms with Crippen LogP contribution in [-0.4, -0.2) is 36.1 Å². The Balaban J connectivity index is 2.33. The van der Waals surface area contributed by atoms with Crippen LogP contribution < -0.4 is 10.1 Å². The Bertz CT molecular complexity index is 293. The van der Waals surface area contributed by atoms with E-state index in [1.54, 1.807) is 0 Å². The number of rotatable bonds is 8. The van der Waals surface area contributed by atoms with Crippen molar-refractivity contribution in [3.05, 3.63) is 5.01 Å². The van der Waals surface area contributed by atoms with Crippen LogP contribution in [0.3, 0.4) is 0 Å². The van der Waals surface area contributed by atoms with Crippen molar-refractivity contribution in [2.24, 2.45) is 0 Å². The summed E-state index contributed by atoms with van der Waals surface area (Å²) in [7, 11) is 0. The topological polar surface area (TPSA) is 56.3 Å². The molecule has 0 aliphatic carbocycles. The lowest BCUT2D eigenvalue weighted by Crippen LogP contribution is -2.18. The third-order valence-corrected chi connectivity index (χ3v) is 2.65. The molecule has 5 nitrogen and oxygen atoms in total. The van der Waals surface area contributed by atoms with Gasteiger partial charge >= 0.3 is 0 Å². The molecule has 1 N–H and O–H groups in total. The highest BCUT2D eigenvalue weighted by Crippen LogP contribution is 2.18. The highest BCUT2D eigenvalue weighted by molar-refractivity contribution is 7.13. The molecule has 0 radical (unpaired) electrons. The minimum absolute atomic E-state index is 0.0138. The number of hydrogen-bond donors (Lipinski definition) is 1. The summed E-state index contributed by atoms with van der Waals surface area (Å²) >= 11 is 1.47. The van der Waals surface area contributed by atoms with Crippen molar-refractivity contribution in [3.8, 4) is 5.19 Å². The van der Waals surface area contributed by atoms with E-state index >= 15 is 0 Å². The number of nitrogens with zero attached hydrogens (tertiary/aromatic N) is 2. The maximum absolute atomic E-state index is 5.57. The number of ether oxygens (including phenoxy) is 2. The second-order valence-electron chi connectivity index (χ2n) is 3.33. The van der Waals surface area contributed by atoms with Gasteiger partial charge in [-0.25, -0.2) is 0 Å². The summed E-state index contributed by atoms with van der Waals surface area (Å²) in [5, 5.41) is 12.7. The normalized spacial score (nSPS) is 12.7. The van der Waals surface area contributed by atoms with E-state index < -0.39 is 0 Å². The van der Waals surface area contributed by atoms with Crippen LogP contribution in [0.15, 0.2) is 0 Å². The average molecular weight is 245 g/mol. The molecule has 0 saturated carbocycles. The summed E-state index contributed by atoms with van der Waals surface area (Å²) in [6.07, 6.45) is 0.0138. The third kappa shape index (κ3) is 4.87. The van der Waals surface area contributed by atoms with Crippen LogP contribution in [0.5, 0.6) is 5.19 Å². The quantitative estimate of drug-likeness (QED) is 0.751. The van der Waals surface area contributed by atoms with Gasteiger partial charge in [0.15, 0.2) is 0 Å². The van der Waals surface area contributed by atoms with E-state index in [2.05, 4.69) is 22.4 Å². The summed E-state index contributed by atoms with van der Waals surface area (Å²) in [6.45, 7) is 8.94. The predicted molar refractivity (Wildman–Crippen MR) is 63.9 cm³/mol. The average Bonchev–Trinajstić information content (AvgIpc) is 2.71. The maximum Gasteiger partial charge on any atom is 0.294 e. The first-order valence-corrected chi connectivity index (χ1v) is 6.35. The molecule has 1 atom stereocenters. The van der Waals surface area contributed by atoms with Crippen molar-refractivity contribution in [2.45, 2.75) is 33.4 Å². The lowest BCUT2D eigenvalue weighted by Gasteiger charge is -2.10. The lowest BCUT2D eigenvalue weighted by molar-refractivity contribution is 0.0652. The van der Waals surface area contributed by atoms with Gasteiger partial charge in [0, 0.05) is 13.2 Å². The van der Waals surface area contributed by atoms with Crippen LogP contribution in [0.2, 0.25) is 0 Å². The molecule has 1 unspecified atom stereocenters. The van der Waals surface area contributed by atoms with Gasteiger partial charge < -0.3 is 14.8 Å². The van der Waals surface area contributed by atoms with Gasteiger partial charge in [-0.1, -0.05) is 23.4 Å². The third-order valence-electron chi connectivity index (χ3n) is 1.83. The van der Waals surface area contributed by atoms with Gasteiger partial charge in [-0.15, -0.1) is 5.10 Å². The molecular weight excluding hydrogens is 226 g/mol. The first-order valence-electron chi connectivity index (χ1n) is 5.53. The molecule has 1 heterocycles. The van der Waals surface area contributed by atoms with Crippen molar-refractivity contribution < 1.29 is 9.47 Å². The Morgan fingerprint density at radius 2 is 2.19 bits per heavy atom. The summed E-state index contributed by atoms with van der Waals surface area (Å²) in [4.78, 5) is 0. The fraction of sp³-hybridized carbons (Fsp3) is 0.800. The van der Waals surface area contributed by atoms with Crippen LogP contribution in [0.4, 0.5) is 0 Å². The zero-order chi connectivity index (χ0) is 11.8. The molecule has 0 fully saturated rings. The van der Waals surface area contributed by atoms with Crippen molar-refractivity contribution in [1.29, 1.82) is 0 Å². The predicted octanol–water partition coefficient (Wildman–Crippen LogP) is 1.45. The number of aromatic nitrogens is 2. The van der Waals surface area contributed by atoms with Gasteiger partial charge in [0.1, 0.15) is 11.1 Å². The minimum Gasteiger partial charge on any atom is -0.463 e. The smallest absolute Gasteiger partial charge is 0.294 e. The Morgan fingerprint density at radius 3 is 2.88 bits per heavy atom. The highest BCUT2D eigenvalue weighted by atomic mass is 32.1. The summed E-state index contributed by atoms with van der Waals surface area (Å²) < 4.78 is 10.8. The standard InChI is InChI=1S/C10H19N3O2S/c1-4-11-6-9-12-13-10(16-9)15-8(3)7-14-5-2/h8,11H,4-7H2,1-3H3. The first-order chi connectivity index (χ1) is 7.76. The zero-order valence-electron chi connectivity index (χ0n) is 10.0. The van der Waals surface area contributed by atoms with E-state index in [-0.39, 0.29) is 6.10 Å². The van der Waals surface area contributed by atoms with Crippen LogP contribution in [-0.2, 0) is 11.3 Å². The van der Waals surface area contributed by atoms with E-state index in [1.165, 1.54) is 11.3 Å². The molecule has 0 saturated heterocycles. The second kappa shape index (κ2) is 7.54. The molecule has 0 aliphatic heterocycles. The van der Waals surface area contributed by atoms with Gasteiger partial charge in [-0.3, -0.25) is 0 Å². The molecule has 6 heteroatoms. The largest absolute Gasteiger partial charge is 0.463 e. The number of hydrogen-bond acceptors (Lipinski definition) is 6. The Hall–Kier alpha value is -0.720. The van der Waals surface area contributed by atoms with Crippen molar-refractivity contribution in [2.75, 3.05) is 19.8 Å². The molecule has 0 bridgehead atoms. The molecule has 16 heavy (non-hydrogen) atoms. The SMILES string of the molecule is CCNCc1nnc(OC(C)COCC)s1. The van der Waals surface area contributed by atoms with Crippen LogP contribution in [0, 0.1) is 0 Å². The molecule has 1 aromatic rings. The van der Waals surface area contributed by atoms with Gasteiger partial charge in [0.25, 0.3) is 5.19 Å². The molecule has 0 amide bonds. The molecule has 0 aromatic carbocycles. The van der Waals surface area contributed by atoms with Crippen LogP contribution in [0.1, 0.15) is 25.8 Å². The van der Waals surface area contributed by atoms with E-state index in [4.69, 9.17) is 9.47 Å². The lowest BCUT2D eigenvalue weighted by atomic mass is 10.4. The second-order valence-corrected chi connectivity index (χ2v) is 4.35. The first kappa shape index (κ1) is 13.3. The van der Waals surface area contributed by atoms with Crippen molar-refractivity contribution >= 4 is 11.3 Å². The Morgan fingerprint density at radius 1 is 1.38 bits per heavy atom. The molecular formula is C10H19N3O2S. The maximum atomic E-state index is 5.57. The van der Waals surface area contributed by atoms with E-state index in [0.717, 1.165) is 18.1 Å². The monoisotopic (exact) mass is 245 g/mol. The molecule has 92 valence electrons. The van der Waals surface area contributed by atoms with E-state index in [0.29, 0.717) is 18.4 Å². The summed E-state index contributed by atoms with van der Waals surface area (Å²) in [5.41, 5.74) is 0. The van der Waals surface area contributed by atoms with Crippen molar-refractivity contribution in [1.82, 2.24) is 15.5 Å². The minimum atomic E-state index is 0.0138. The van der Waals surface area contributed by atoms with E-state index in [9.17, 15) is 0 Å². The van der Waals surface area contributed by atoms with Gasteiger partial charge in [0.2, 0.25) is 0 Å². The van der Waals surface area contributed by atoms with Crippen molar-refractivity contribution in [3.63, 3.8) is 0 Å². The van der Waals surface area contributed by atoms with Crippen LogP contribution in [0.25, 0.3) is 0 Å². The fourth-order valence-electron chi connectivity index (χ4n) is 1.08. The Labute approximate surface area is 100 Å². The summed E-state index contributed by atoms with van der Waals surface area (Å²) in [6, 6.07) is 0. The number of nitrogens with one attached hydrogen (secondary N) is 1. The highest BCUT2D eigenvalue weighted by Gasteiger charge is 2.09.